The van der Waals surface area contributed by atoms with Crippen LogP contribution in [0.25, 0.3) is 0 Å². The van der Waals surface area contributed by atoms with Gasteiger partial charge in [0.25, 0.3) is 0 Å². The summed E-state index contributed by atoms with van der Waals surface area (Å²) in [6, 6.07) is 10.9. The summed E-state index contributed by atoms with van der Waals surface area (Å²) in [4.78, 5) is 74.8. The first-order valence-electron chi connectivity index (χ1n) is 16.9. The number of Topliss-reactive ketones (excluding diaryl/α,β-unsaturated/α-hetero) is 2. The molecule has 2 aromatic rings. The maximum Gasteiger partial charge on any atom is 0.408 e. The van der Waals surface area contributed by atoms with Gasteiger partial charge in [-0.1, -0.05) is 60.4 Å². The van der Waals surface area contributed by atoms with Gasteiger partial charge in [-0.05, 0) is 35.1 Å². The molecule has 10 N–H and O–H groups in total. The van der Waals surface area contributed by atoms with Gasteiger partial charge >= 0.3 is 24.1 Å². The number of alkyl carbamates (subject to hydrolysis) is 2. The van der Waals surface area contributed by atoms with Crippen molar-refractivity contribution in [3.63, 3.8) is 0 Å². The van der Waals surface area contributed by atoms with Crippen LogP contribution in [-0.2, 0) is 54.6 Å². The quantitative estimate of drug-likeness (QED) is 0.105. The number of carbonyl (C=O) groups excluding carboxylic acids is 4. The zero-order valence-corrected chi connectivity index (χ0v) is 28.5. The van der Waals surface area contributed by atoms with E-state index in [4.69, 9.17) is 20.9 Å². The van der Waals surface area contributed by atoms with E-state index in [0.717, 1.165) is 22.3 Å². The van der Waals surface area contributed by atoms with Crippen molar-refractivity contribution in [1.82, 2.24) is 21.3 Å². The first-order valence-corrected chi connectivity index (χ1v) is 16.9. The SMILES string of the molecule is NCc1ccc(CCC(=O)C2C(NC(=O)OCC#CCOC(=O)NC3CNC(C(=O)O)C3C(=O)CCc3ccc(CN)cc3)CNC2C(=O)O)cc1. The van der Waals surface area contributed by atoms with E-state index in [1.54, 1.807) is 0 Å². The molecule has 2 fully saturated rings. The zero-order chi connectivity index (χ0) is 37.6. The summed E-state index contributed by atoms with van der Waals surface area (Å²) in [5.41, 5.74) is 14.9. The lowest BCUT2D eigenvalue weighted by atomic mass is 9.88. The topological polar surface area (TPSA) is 262 Å². The number of aliphatic carboxylic acids is 2. The van der Waals surface area contributed by atoms with Crippen LogP contribution in [0.3, 0.4) is 0 Å². The van der Waals surface area contributed by atoms with E-state index in [1.165, 1.54) is 0 Å². The van der Waals surface area contributed by atoms with Crippen molar-refractivity contribution in [2.24, 2.45) is 23.3 Å². The minimum atomic E-state index is -1.21. The first-order chi connectivity index (χ1) is 25.0. The molecule has 52 heavy (non-hydrogen) atoms. The van der Waals surface area contributed by atoms with Crippen LogP contribution in [0.5, 0.6) is 0 Å². The minimum absolute atomic E-state index is 0.0432. The molecule has 0 bridgehead atoms. The standard InChI is InChI=1S/C36H44N6O10/c37-17-23-7-3-21(4-8-23)11-13-27(43)29-25(19-39-31(29)33(45)46)41-35(49)51-15-1-2-16-52-36(50)42-26-20-40-32(34(47)48)30(26)28(44)14-12-22-5-9-24(18-38)10-6-22/h3-10,25-26,29-32,39-40H,11-20,37-38H2,(H,41,49)(H,42,50)(H,45,46)(H,47,48). The lowest BCUT2D eigenvalue weighted by molar-refractivity contribution is -0.143. The number of carboxylic acids is 2. The number of benzene rings is 2. The van der Waals surface area contributed by atoms with Gasteiger partial charge < -0.3 is 52.4 Å². The predicted octanol–water partition coefficient (Wildman–Crippen LogP) is -0.154. The van der Waals surface area contributed by atoms with E-state index in [-0.39, 0.29) is 37.5 Å². The molecule has 278 valence electrons. The van der Waals surface area contributed by atoms with Crippen LogP contribution in [0.4, 0.5) is 9.59 Å². The van der Waals surface area contributed by atoms with Gasteiger partial charge in [0, 0.05) is 39.0 Å². The van der Waals surface area contributed by atoms with Crippen LogP contribution in [0.2, 0.25) is 0 Å². The van der Waals surface area contributed by atoms with Crippen molar-refractivity contribution in [2.75, 3.05) is 26.3 Å². The molecule has 2 aromatic carbocycles. The lowest BCUT2D eigenvalue weighted by Crippen LogP contribution is -2.46. The fraction of sp³-hybridized carbons (Fsp3) is 0.444. The van der Waals surface area contributed by atoms with Crippen molar-refractivity contribution in [3.8, 4) is 11.8 Å². The van der Waals surface area contributed by atoms with Crippen molar-refractivity contribution in [3.05, 3.63) is 70.8 Å². The zero-order valence-electron chi connectivity index (χ0n) is 28.5. The van der Waals surface area contributed by atoms with E-state index in [9.17, 15) is 39.0 Å². The molecule has 2 heterocycles. The molecule has 6 atom stereocenters. The summed E-state index contributed by atoms with van der Waals surface area (Å²) in [6.45, 7) is 0.0810. The number of ketones is 2. The summed E-state index contributed by atoms with van der Waals surface area (Å²) >= 11 is 0. The van der Waals surface area contributed by atoms with Crippen LogP contribution in [-0.4, -0.2) is 96.4 Å². The smallest absolute Gasteiger partial charge is 0.408 e. The molecule has 0 saturated carbocycles. The summed E-state index contributed by atoms with van der Waals surface area (Å²) in [7, 11) is 0. The third-order valence-corrected chi connectivity index (χ3v) is 9.10. The largest absolute Gasteiger partial charge is 0.480 e. The summed E-state index contributed by atoms with van der Waals surface area (Å²) in [5.74, 6) is -0.0778. The second-order valence-electron chi connectivity index (χ2n) is 12.5. The molecule has 2 aliphatic rings. The van der Waals surface area contributed by atoms with Gasteiger partial charge in [0.15, 0.2) is 13.2 Å². The Balaban J connectivity index is 1.20. The van der Waals surface area contributed by atoms with Gasteiger partial charge in [0.1, 0.15) is 23.7 Å². The fourth-order valence-corrected chi connectivity index (χ4v) is 6.31. The Kier molecular flexibility index (Phi) is 14.7. The second-order valence-corrected chi connectivity index (χ2v) is 12.5. The second kappa shape index (κ2) is 19.3. The number of hydrogen-bond acceptors (Lipinski definition) is 12. The van der Waals surface area contributed by atoms with Crippen LogP contribution in [0.1, 0.15) is 35.1 Å². The Morgan fingerprint density at radius 1 is 0.635 bits per heavy atom. The molecule has 0 aliphatic carbocycles. The van der Waals surface area contributed by atoms with Gasteiger partial charge in [0.05, 0.1) is 23.9 Å². The monoisotopic (exact) mass is 720 g/mol. The van der Waals surface area contributed by atoms with E-state index < -0.39 is 73.3 Å². The summed E-state index contributed by atoms with van der Waals surface area (Å²) in [6.07, 6.45) is -0.890. The van der Waals surface area contributed by atoms with Crippen LogP contribution in [0, 0.1) is 23.7 Å². The third-order valence-electron chi connectivity index (χ3n) is 9.10. The molecule has 2 saturated heterocycles. The summed E-state index contributed by atoms with van der Waals surface area (Å²) in [5, 5.41) is 29.9. The van der Waals surface area contributed by atoms with Crippen LogP contribution < -0.4 is 32.7 Å². The van der Waals surface area contributed by atoms with Crippen LogP contribution >= 0.6 is 0 Å². The number of nitrogens with two attached hydrogens (primary N) is 2. The number of nitrogens with one attached hydrogen (secondary N) is 4. The normalized spacial score (nSPS) is 22.0. The molecule has 2 amide bonds. The van der Waals surface area contributed by atoms with E-state index in [1.807, 2.05) is 48.5 Å². The van der Waals surface area contributed by atoms with Gasteiger partial charge in [0.2, 0.25) is 0 Å². The number of ether oxygens (including phenoxy) is 2. The molecular weight excluding hydrogens is 676 g/mol. The van der Waals surface area contributed by atoms with E-state index >= 15 is 0 Å². The number of carboxylic acid groups (broad SMARTS) is 2. The first kappa shape index (κ1) is 39.4. The highest BCUT2D eigenvalue weighted by Gasteiger charge is 2.46. The third kappa shape index (κ3) is 11.1. The maximum atomic E-state index is 13.1. The van der Waals surface area contributed by atoms with E-state index in [2.05, 4.69) is 33.1 Å². The Morgan fingerprint density at radius 3 is 1.31 bits per heavy atom. The van der Waals surface area contributed by atoms with Crippen molar-refractivity contribution in [2.45, 2.75) is 62.9 Å². The Labute approximate surface area is 300 Å². The average Bonchev–Trinajstić information content (AvgIpc) is 3.76. The van der Waals surface area contributed by atoms with Crippen LogP contribution in [0.15, 0.2) is 48.5 Å². The van der Waals surface area contributed by atoms with Gasteiger partial charge in [-0.2, -0.15) is 0 Å². The lowest BCUT2D eigenvalue weighted by Gasteiger charge is -2.21. The Morgan fingerprint density at radius 2 is 0.981 bits per heavy atom. The number of hydrogen-bond donors (Lipinski definition) is 8. The number of rotatable bonds is 16. The number of aryl methyl sites for hydroxylation is 2. The highest BCUT2D eigenvalue weighted by molar-refractivity contribution is 5.91. The molecule has 6 unspecified atom stereocenters. The molecule has 16 heteroatoms. The molecule has 0 aromatic heterocycles. The van der Waals surface area contributed by atoms with Crippen molar-refractivity contribution < 1.29 is 48.5 Å². The highest BCUT2D eigenvalue weighted by Crippen LogP contribution is 2.23. The predicted molar refractivity (Wildman–Crippen MR) is 185 cm³/mol. The molecule has 4 rings (SSSR count). The van der Waals surface area contributed by atoms with Gasteiger partial charge in [-0.3, -0.25) is 19.2 Å². The fourth-order valence-electron chi connectivity index (χ4n) is 6.31. The highest BCUT2D eigenvalue weighted by atomic mass is 16.6. The van der Waals surface area contributed by atoms with Gasteiger partial charge in [-0.25, -0.2) is 9.59 Å². The minimum Gasteiger partial charge on any atom is -0.480 e. The van der Waals surface area contributed by atoms with Gasteiger partial charge in [-0.15, -0.1) is 0 Å². The Bertz CT molecular complexity index is 1540. The molecular formula is C36H44N6O10. The van der Waals surface area contributed by atoms with E-state index in [0.29, 0.717) is 25.9 Å². The average molecular weight is 721 g/mol. The van der Waals surface area contributed by atoms with Crippen molar-refractivity contribution in [1.29, 1.82) is 0 Å². The maximum absolute atomic E-state index is 13.1. The Hall–Kier alpha value is -5.34. The molecule has 16 nitrogen and oxygen atoms in total. The number of carbonyl (C=O) groups is 6. The molecule has 2 aliphatic heterocycles. The molecule has 0 spiro atoms. The number of amides is 2. The van der Waals surface area contributed by atoms with Crippen molar-refractivity contribution >= 4 is 35.7 Å². The molecule has 0 radical (unpaired) electrons. The summed E-state index contributed by atoms with van der Waals surface area (Å²) < 4.78 is 10.1.